The SMILES string of the molecule is Cc1ccnc(-c2cc(Cl)ccc2Cl)c1O. The van der Waals surface area contributed by atoms with Crippen LogP contribution >= 0.6 is 23.2 Å². The van der Waals surface area contributed by atoms with Crippen LogP contribution in [-0.2, 0) is 0 Å². The second kappa shape index (κ2) is 4.32. The van der Waals surface area contributed by atoms with Crippen molar-refractivity contribution in [1.82, 2.24) is 4.98 Å². The number of pyridine rings is 1. The second-order valence-electron chi connectivity index (χ2n) is 3.45. The minimum absolute atomic E-state index is 0.131. The lowest BCUT2D eigenvalue weighted by Crippen LogP contribution is -1.87. The summed E-state index contributed by atoms with van der Waals surface area (Å²) in [5, 5.41) is 11.0. The molecule has 0 aliphatic rings. The van der Waals surface area contributed by atoms with Crippen molar-refractivity contribution in [1.29, 1.82) is 0 Å². The first-order valence-electron chi connectivity index (χ1n) is 4.69. The lowest BCUT2D eigenvalue weighted by molar-refractivity contribution is 0.471. The van der Waals surface area contributed by atoms with Crippen molar-refractivity contribution < 1.29 is 5.11 Å². The summed E-state index contributed by atoms with van der Waals surface area (Å²) in [6.07, 6.45) is 1.63. The van der Waals surface area contributed by atoms with Crippen LogP contribution in [0, 0.1) is 6.92 Å². The van der Waals surface area contributed by atoms with Gasteiger partial charge in [-0.05, 0) is 36.8 Å². The van der Waals surface area contributed by atoms with E-state index in [0.717, 1.165) is 5.56 Å². The van der Waals surface area contributed by atoms with Gasteiger partial charge in [0.15, 0.2) is 0 Å². The highest BCUT2D eigenvalue weighted by Gasteiger charge is 2.11. The van der Waals surface area contributed by atoms with Gasteiger partial charge in [0.1, 0.15) is 11.4 Å². The van der Waals surface area contributed by atoms with Gasteiger partial charge in [-0.15, -0.1) is 0 Å². The van der Waals surface area contributed by atoms with Crippen LogP contribution < -0.4 is 0 Å². The van der Waals surface area contributed by atoms with Crippen LogP contribution in [0.5, 0.6) is 5.75 Å². The molecule has 1 aromatic carbocycles. The molecule has 82 valence electrons. The monoisotopic (exact) mass is 253 g/mol. The maximum Gasteiger partial charge on any atom is 0.144 e. The summed E-state index contributed by atoms with van der Waals surface area (Å²) in [6.45, 7) is 1.80. The molecule has 0 spiro atoms. The molecule has 0 saturated heterocycles. The first kappa shape index (κ1) is 11.2. The number of nitrogens with zero attached hydrogens (tertiary/aromatic N) is 1. The van der Waals surface area contributed by atoms with Crippen LogP contribution in [0.3, 0.4) is 0 Å². The Morgan fingerprint density at radius 1 is 1.19 bits per heavy atom. The standard InChI is InChI=1S/C12H9Cl2NO/c1-7-4-5-15-11(12(7)16)9-6-8(13)2-3-10(9)14/h2-6,16H,1H3. The lowest BCUT2D eigenvalue weighted by atomic mass is 10.1. The van der Waals surface area contributed by atoms with E-state index in [0.29, 0.717) is 21.3 Å². The summed E-state index contributed by atoms with van der Waals surface area (Å²) >= 11 is 11.9. The zero-order chi connectivity index (χ0) is 11.7. The average Bonchev–Trinajstić information content (AvgIpc) is 2.26. The number of rotatable bonds is 1. The first-order valence-corrected chi connectivity index (χ1v) is 5.45. The second-order valence-corrected chi connectivity index (χ2v) is 4.29. The Labute approximate surface area is 103 Å². The molecule has 1 N–H and O–H groups in total. The number of aromatic nitrogens is 1. The molecular formula is C12H9Cl2NO. The molecule has 0 bridgehead atoms. The molecule has 0 amide bonds. The van der Waals surface area contributed by atoms with Gasteiger partial charge >= 0.3 is 0 Å². The fourth-order valence-corrected chi connectivity index (χ4v) is 1.81. The van der Waals surface area contributed by atoms with E-state index < -0.39 is 0 Å². The Morgan fingerprint density at radius 3 is 2.69 bits per heavy atom. The number of aromatic hydroxyl groups is 1. The third-order valence-electron chi connectivity index (χ3n) is 2.31. The van der Waals surface area contributed by atoms with Crippen LogP contribution in [0.15, 0.2) is 30.5 Å². The Bertz CT molecular complexity index is 541. The third-order valence-corrected chi connectivity index (χ3v) is 2.87. The van der Waals surface area contributed by atoms with Crippen LogP contribution in [0.1, 0.15) is 5.56 Å². The molecule has 0 unspecified atom stereocenters. The average molecular weight is 254 g/mol. The van der Waals surface area contributed by atoms with E-state index in [-0.39, 0.29) is 5.75 Å². The smallest absolute Gasteiger partial charge is 0.144 e. The zero-order valence-electron chi connectivity index (χ0n) is 8.54. The molecule has 2 nitrogen and oxygen atoms in total. The summed E-state index contributed by atoms with van der Waals surface area (Å²) in [6, 6.07) is 6.80. The number of hydrogen-bond donors (Lipinski definition) is 1. The van der Waals surface area contributed by atoms with Gasteiger partial charge in [0.25, 0.3) is 0 Å². The van der Waals surface area contributed by atoms with Crippen molar-refractivity contribution in [3.05, 3.63) is 46.1 Å². The highest BCUT2D eigenvalue weighted by atomic mass is 35.5. The van der Waals surface area contributed by atoms with Crippen LogP contribution in [0.2, 0.25) is 10.0 Å². The molecule has 0 aliphatic heterocycles. The molecule has 1 heterocycles. The molecule has 16 heavy (non-hydrogen) atoms. The topological polar surface area (TPSA) is 33.1 Å². The predicted octanol–water partition coefficient (Wildman–Crippen LogP) is 4.07. The summed E-state index contributed by atoms with van der Waals surface area (Å²) < 4.78 is 0. The molecule has 0 fully saturated rings. The predicted molar refractivity (Wildman–Crippen MR) is 66.1 cm³/mol. The maximum absolute atomic E-state index is 9.90. The molecule has 0 atom stereocenters. The van der Waals surface area contributed by atoms with E-state index >= 15 is 0 Å². The van der Waals surface area contributed by atoms with E-state index in [4.69, 9.17) is 23.2 Å². The van der Waals surface area contributed by atoms with Crippen LogP contribution in [-0.4, -0.2) is 10.1 Å². The number of halogens is 2. The van der Waals surface area contributed by atoms with Gasteiger partial charge in [-0.25, -0.2) is 0 Å². The summed E-state index contributed by atoms with van der Waals surface area (Å²) in [7, 11) is 0. The molecule has 0 saturated carbocycles. The van der Waals surface area contributed by atoms with Gasteiger partial charge in [-0.3, -0.25) is 4.98 Å². The van der Waals surface area contributed by atoms with Crippen molar-refractivity contribution in [3.8, 4) is 17.0 Å². The number of benzene rings is 1. The minimum Gasteiger partial charge on any atom is -0.505 e. The maximum atomic E-state index is 9.90. The van der Waals surface area contributed by atoms with Crippen LogP contribution in [0.4, 0.5) is 0 Å². The van der Waals surface area contributed by atoms with Gasteiger partial charge in [0, 0.05) is 16.8 Å². The lowest BCUT2D eigenvalue weighted by Gasteiger charge is -2.08. The highest BCUT2D eigenvalue weighted by molar-refractivity contribution is 6.35. The van der Waals surface area contributed by atoms with Crippen molar-refractivity contribution in [3.63, 3.8) is 0 Å². The van der Waals surface area contributed by atoms with E-state index in [2.05, 4.69) is 4.98 Å². The Morgan fingerprint density at radius 2 is 1.94 bits per heavy atom. The molecule has 1 aromatic heterocycles. The fourth-order valence-electron chi connectivity index (χ4n) is 1.43. The fraction of sp³-hybridized carbons (Fsp3) is 0.0833. The van der Waals surface area contributed by atoms with Crippen molar-refractivity contribution >= 4 is 23.2 Å². The summed E-state index contributed by atoms with van der Waals surface area (Å²) in [5.74, 6) is 0.131. The molecule has 0 aliphatic carbocycles. The Kier molecular flexibility index (Phi) is 3.03. The number of aryl methyl sites for hydroxylation is 1. The Balaban J connectivity index is 2.67. The Hall–Kier alpha value is -1.25. The molecule has 4 heteroatoms. The van der Waals surface area contributed by atoms with E-state index in [1.54, 1.807) is 37.4 Å². The molecule has 2 aromatic rings. The first-order chi connectivity index (χ1) is 7.59. The van der Waals surface area contributed by atoms with Gasteiger partial charge < -0.3 is 5.11 Å². The molecule has 2 rings (SSSR count). The van der Waals surface area contributed by atoms with E-state index in [9.17, 15) is 5.11 Å². The van der Waals surface area contributed by atoms with Gasteiger partial charge in [0.05, 0.1) is 5.02 Å². The highest BCUT2D eigenvalue weighted by Crippen LogP contribution is 2.35. The molecular weight excluding hydrogens is 245 g/mol. The van der Waals surface area contributed by atoms with Crippen molar-refractivity contribution in [2.45, 2.75) is 6.92 Å². The molecule has 0 radical (unpaired) electrons. The van der Waals surface area contributed by atoms with Gasteiger partial charge in [0.2, 0.25) is 0 Å². The van der Waals surface area contributed by atoms with Crippen molar-refractivity contribution in [2.24, 2.45) is 0 Å². The quantitative estimate of drug-likeness (QED) is 0.832. The zero-order valence-corrected chi connectivity index (χ0v) is 10.0. The minimum atomic E-state index is 0.131. The number of hydrogen-bond acceptors (Lipinski definition) is 2. The van der Waals surface area contributed by atoms with Crippen molar-refractivity contribution in [2.75, 3.05) is 0 Å². The van der Waals surface area contributed by atoms with E-state index in [1.807, 2.05) is 0 Å². The summed E-state index contributed by atoms with van der Waals surface area (Å²) in [5.41, 5.74) is 1.84. The third kappa shape index (κ3) is 1.99. The van der Waals surface area contributed by atoms with Crippen LogP contribution in [0.25, 0.3) is 11.3 Å². The van der Waals surface area contributed by atoms with Gasteiger partial charge in [-0.2, -0.15) is 0 Å². The largest absolute Gasteiger partial charge is 0.505 e. The van der Waals surface area contributed by atoms with E-state index in [1.165, 1.54) is 0 Å². The summed E-state index contributed by atoms with van der Waals surface area (Å²) in [4.78, 5) is 4.12. The normalized spacial score (nSPS) is 10.4. The van der Waals surface area contributed by atoms with Gasteiger partial charge in [-0.1, -0.05) is 23.2 Å².